The molecule has 4 nitrogen and oxygen atoms in total. The molecule has 0 rings (SSSR count). The molecule has 0 amide bonds. The standard InChI is InChI=1S/C5H12N2O2.Na.H/c6-3-1-2-4(7)5(8)9;;/h4H,1-3,6-7H2,(H,8,9);;/q;+1;-1. The molecule has 10 heavy (non-hydrogen) atoms. The van der Waals surface area contributed by atoms with Crippen LogP contribution in [-0.4, -0.2) is 23.7 Å². The van der Waals surface area contributed by atoms with Gasteiger partial charge in [-0.3, -0.25) is 4.79 Å². The largest absolute Gasteiger partial charge is 1.00 e. The van der Waals surface area contributed by atoms with Crippen molar-refractivity contribution in [2.45, 2.75) is 18.9 Å². The first-order chi connectivity index (χ1) is 4.18. The molecule has 0 radical (unpaired) electrons. The minimum Gasteiger partial charge on any atom is -1.00 e. The van der Waals surface area contributed by atoms with Crippen LogP contribution in [0.15, 0.2) is 0 Å². The van der Waals surface area contributed by atoms with Gasteiger partial charge in [-0.15, -0.1) is 0 Å². The Hall–Kier alpha value is 0.390. The summed E-state index contributed by atoms with van der Waals surface area (Å²) in [6.45, 7) is 0.501. The van der Waals surface area contributed by atoms with E-state index in [2.05, 4.69) is 0 Å². The zero-order valence-corrected chi connectivity index (χ0v) is 8.21. The minimum absolute atomic E-state index is 0. The van der Waals surface area contributed by atoms with Gasteiger partial charge in [0.25, 0.3) is 0 Å². The van der Waals surface area contributed by atoms with Crippen LogP contribution in [-0.2, 0) is 4.79 Å². The number of carbonyl (C=O) groups is 1. The Balaban J connectivity index is -0.000000320. The van der Waals surface area contributed by atoms with Gasteiger partial charge in [0.15, 0.2) is 0 Å². The van der Waals surface area contributed by atoms with Gasteiger partial charge in [-0.2, -0.15) is 0 Å². The van der Waals surface area contributed by atoms with Crippen molar-refractivity contribution in [3.8, 4) is 0 Å². The van der Waals surface area contributed by atoms with E-state index in [0.29, 0.717) is 19.4 Å². The summed E-state index contributed by atoms with van der Waals surface area (Å²) in [4.78, 5) is 10.0. The summed E-state index contributed by atoms with van der Waals surface area (Å²) >= 11 is 0. The number of nitrogens with two attached hydrogens (primary N) is 2. The SMILES string of the molecule is NCCCC(N)C(=O)O.[H-].[Na+]. The summed E-state index contributed by atoms with van der Waals surface area (Å²) in [5.74, 6) is -0.955. The van der Waals surface area contributed by atoms with Crippen LogP contribution in [0.4, 0.5) is 0 Å². The minimum atomic E-state index is -0.955. The molecule has 0 bridgehead atoms. The molecule has 0 heterocycles. The molecule has 0 saturated heterocycles. The maximum Gasteiger partial charge on any atom is 1.00 e. The topological polar surface area (TPSA) is 89.3 Å². The van der Waals surface area contributed by atoms with Gasteiger partial charge in [-0.25, -0.2) is 0 Å². The van der Waals surface area contributed by atoms with E-state index in [9.17, 15) is 4.79 Å². The van der Waals surface area contributed by atoms with Crippen LogP contribution in [0.25, 0.3) is 0 Å². The van der Waals surface area contributed by atoms with E-state index in [1.807, 2.05) is 0 Å². The normalized spacial score (nSPS) is 11.8. The zero-order valence-electron chi connectivity index (χ0n) is 7.21. The maximum absolute atomic E-state index is 10.0. The first-order valence-electron chi connectivity index (χ1n) is 2.87. The molecular weight excluding hydrogens is 143 g/mol. The smallest absolute Gasteiger partial charge is 1.00 e. The van der Waals surface area contributed by atoms with Crippen LogP contribution < -0.4 is 41.0 Å². The summed E-state index contributed by atoms with van der Waals surface area (Å²) < 4.78 is 0. The molecular formula is C5H13N2NaO2. The third kappa shape index (κ3) is 6.51. The quantitative estimate of drug-likeness (QED) is 0.365. The molecule has 56 valence electrons. The average molecular weight is 156 g/mol. The molecule has 0 aliphatic rings. The van der Waals surface area contributed by atoms with Crippen molar-refractivity contribution in [1.82, 2.24) is 0 Å². The van der Waals surface area contributed by atoms with Crippen molar-refractivity contribution in [1.29, 1.82) is 0 Å². The number of carboxylic acids is 1. The van der Waals surface area contributed by atoms with Crippen LogP contribution in [0, 0.1) is 0 Å². The molecule has 0 aromatic heterocycles. The van der Waals surface area contributed by atoms with Crippen molar-refractivity contribution in [3.63, 3.8) is 0 Å². The van der Waals surface area contributed by atoms with Gasteiger partial charge < -0.3 is 18.0 Å². The second kappa shape index (κ2) is 7.50. The van der Waals surface area contributed by atoms with Crippen LogP contribution in [0.5, 0.6) is 0 Å². The van der Waals surface area contributed by atoms with Gasteiger partial charge in [-0.05, 0) is 19.4 Å². The Morgan fingerprint density at radius 3 is 2.50 bits per heavy atom. The molecule has 5 N–H and O–H groups in total. The van der Waals surface area contributed by atoms with Gasteiger partial charge in [-0.1, -0.05) is 0 Å². The summed E-state index contributed by atoms with van der Waals surface area (Å²) in [5, 5.41) is 8.24. The van der Waals surface area contributed by atoms with Crippen LogP contribution in [0.2, 0.25) is 0 Å². The Morgan fingerprint density at radius 2 is 2.20 bits per heavy atom. The van der Waals surface area contributed by atoms with Crippen LogP contribution >= 0.6 is 0 Å². The third-order valence-electron chi connectivity index (χ3n) is 1.04. The van der Waals surface area contributed by atoms with E-state index in [1.165, 1.54) is 0 Å². The van der Waals surface area contributed by atoms with Gasteiger partial charge in [0, 0.05) is 0 Å². The van der Waals surface area contributed by atoms with Crippen molar-refractivity contribution >= 4 is 5.97 Å². The summed E-state index contributed by atoms with van der Waals surface area (Å²) in [7, 11) is 0. The monoisotopic (exact) mass is 156 g/mol. The Labute approximate surface area is 83.7 Å². The van der Waals surface area contributed by atoms with Crippen molar-refractivity contribution < 1.29 is 40.9 Å². The zero-order chi connectivity index (χ0) is 7.28. The Bertz CT molecular complexity index is 104. The van der Waals surface area contributed by atoms with Crippen LogP contribution in [0.1, 0.15) is 14.3 Å². The molecule has 0 spiro atoms. The summed E-state index contributed by atoms with van der Waals surface area (Å²) in [6, 6.07) is -0.742. The van der Waals surface area contributed by atoms with Crippen molar-refractivity contribution in [2.75, 3.05) is 6.54 Å². The average Bonchev–Trinajstić information content (AvgIpc) is 1.82. The Morgan fingerprint density at radius 1 is 1.70 bits per heavy atom. The molecule has 0 saturated carbocycles. The van der Waals surface area contributed by atoms with E-state index >= 15 is 0 Å². The Kier molecular flexibility index (Phi) is 9.76. The maximum atomic E-state index is 10.0. The number of aliphatic carboxylic acids is 1. The molecule has 0 aromatic carbocycles. The molecule has 5 heteroatoms. The number of rotatable bonds is 4. The summed E-state index contributed by atoms with van der Waals surface area (Å²) in [5.41, 5.74) is 10.3. The number of carboxylic acid groups (broad SMARTS) is 1. The van der Waals surface area contributed by atoms with E-state index in [-0.39, 0.29) is 31.0 Å². The van der Waals surface area contributed by atoms with E-state index in [4.69, 9.17) is 16.6 Å². The van der Waals surface area contributed by atoms with E-state index < -0.39 is 12.0 Å². The number of hydrogen-bond donors (Lipinski definition) is 3. The van der Waals surface area contributed by atoms with Gasteiger partial charge in [0.05, 0.1) is 0 Å². The molecule has 1 atom stereocenters. The second-order valence-electron chi connectivity index (χ2n) is 1.88. The first-order valence-corrected chi connectivity index (χ1v) is 2.87. The fourth-order valence-corrected chi connectivity index (χ4v) is 0.461. The van der Waals surface area contributed by atoms with Crippen LogP contribution in [0.3, 0.4) is 0 Å². The molecule has 0 aliphatic carbocycles. The molecule has 0 aromatic rings. The number of hydrogen-bond acceptors (Lipinski definition) is 3. The first kappa shape index (κ1) is 13.0. The molecule has 0 fully saturated rings. The predicted octanol–water partition coefficient (Wildman–Crippen LogP) is -3.75. The fourth-order valence-electron chi connectivity index (χ4n) is 0.461. The molecule has 0 aliphatic heterocycles. The van der Waals surface area contributed by atoms with E-state index in [0.717, 1.165) is 0 Å². The van der Waals surface area contributed by atoms with E-state index in [1.54, 1.807) is 0 Å². The van der Waals surface area contributed by atoms with Gasteiger partial charge in [0.1, 0.15) is 6.04 Å². The predicted molar refractivity (Wildman–Crippen MR) is 35.0 cm³/mol. The molecule has 1 unspecified atom stereocenters. The fraction of sp³-hybridized carbons (Fsp3) is 0.800. The summed E-state index contributed by atoms with van der Waals surface area (Å²) in [6.07, 6.45) is 1.14. The third-order valence-corrected chi connectivity index (χ3v) is 1.04. The van der Waals surface area contributed by atoms with Crippen molar-refractivity contribution in [2.24, 2.45) is 11.5 Å². The van der Waals surface area contributed by atoms with Gasteiger partial charge in [0.2, 0.25) is 0 Å². The van der Waals surface area contributed by atoms with Gasteiger partial charge >= 0.3 is 35.5 Å². The van der Waals surface area contributed by atoms with Crippen molar-refractivity contribution in [3.05, 3.63) is 0 Å². The second-order valence-corrected chi connectivity index (χ2v) is 1.88.